The van der Waals surface area contributed by atoms with Crippen molar-refractivity contribution in [3.63, 3.8) is 0 Å². The molecule has 2 rings (SSSR count). The lowest BCUT2D eigenvalue weighted by Crippen LogP contribution is -2.39. The molecule has 1 fully saturated rings. The fourth-order valence-electron chi connectivity index (χ4n) is 1.92. The number of nitrogens with one attached hydrogen (secondary N) is 1. The van der Waals surface area contributed by atoms with E-state index < -0.39 is 0 Å². The molecular formula is C12H22N4. The van der Waals surface area contributed by atoms with E-state index in [1.807, 2.05) is 23.1 Å². The molecule has 4 nitrogen and oxygen atoms in total. The molecular weight excluding hydrogens is 200 g/mol. The summed E-state index contributed by atoms with van der Waals surface area (Å²) in [5.41, 5.74) is 0. The first kappa shape index (κ1) is 11.6. The van der Waals surface area contributed by atoms with Gasteiger partial charge in [-0.2, -0.15) is 5.10 Å². The maximum atomic E-state index is 4.17. The smallest absolute Gasteiger partial charge is 0.0533 e. The van der Waals surface area contributed by atoms with Crippen molar-refractivity contribution in [3.8, 4) is 0 Å². The molecule has 0 radical (unpaired) electrons. The molecule has 0 amide bonds. The highest BCUT2D eigenvalue weighted by molar-refractivity contribution is 4.85. The molecule has 1 aromatic heterocycles. The van der Waals surface area contributed by atoms with E-state index in [0.29, 0.717) is 6.04 Å². The highest BCUT2D eigenvalue weighted by atomic mass is 15.3. The Morgan fingerprint density at radius 3 is 3.00 bits per heavy atom. The van der Waals surface area contributed by atoms with Gasteiger partial charge >= 0.3 is 0 Å². The van der Waals surface area contributed by atoms with Gasteiger partial charge in [-0.1, -0.05) is 0 Å². The van der Waals surface area contributed by atoms with E-state index in [9.17, 15) is 0 Å². The van der Waals surface area contributed by atoms with E-state index in [-0.39, 0.29) is 0 Å². The molecule has 1 heterocycles. The minimum absolute atomic E-state index is 0.630. The van der Waals surface area contributed by atoms with Gasteiger partial charge in [-0.3, -0.25) is 9.58 Å². The summed E-state index contributed by atoms with van der Waals surface area (Å²) in [5.74, 6) is 0. The second-order valence-corrected chi connectivity index (χ2v) is 4.72. The molecule has 90 valence electrons. The molecule has 1 unspecified atom stereocenters. The van der Waals surface area contributed by atoms with Gasteiger partial charge in [0, 0.05) is 37.6 Å². The Morgan fingerprint density at radius 2 is 2.38 bits per heavy atom. The van der Waals surface area contributed by atoms with Crippen LogP contribution < -0.4 is 5.32 Å². The van der Waals surface area contributed by atoms with Crippen molar-refractivity contribution in [3.05, 3.63) is 18.5 Å². The summed E-state index contributed by atoms with van der Waals surface area (Å²) in [6.07, 6.45) is 6.59. The van der Waals surface area contributed by atoms with Crippen molar-refractivity contribution in [2.24, 2.45) is 0 Å². The lowest BCUT2D eigenvalue weighted by atomic mass is 10.3. The molecule has 1 N–H and O–H groups in total. The molecule has 4 heteroatoms. The zero-order valence-electron chi connectivity index (χ0n) is 10.3. The van der Waals surface area contributed by atoms with Crippen LogP contribution in [0.25, 0.3) is 0 Å². The highest BCUT2D eigenvalue weighted by Gasteiger charge is 2.28. The maximum absolute atomic E-state index is 4.17. The van der Waals surface area contributed by atoms with Crippen LogP contribution in [0.5, 0.6) is 0 Å². The summed E-state index contributed by atoms with van der Waals surface area (Å²) in [6, 6.07) is 3.44. The van der Waals surface area contributed by atoms with Crippen LogP contribution in [-0.2, 0) is 6.54 Å². The zero-order valence-corrected chi connectivity index (χ0v) is 10.3. The fraction of sp³-hybridized carbons (Fsp3) is 0.750. The van der Waals surface area contributed by atoms with Crippen LogP contribution in [0.2, 0.25) is 0 Å². The summed E-state index contributed by atoms with van der Waals surface area (Å²) in [4.78, 5) is 2.49. The molecule has 1 aliphatic rings. The Labute approximate surface area is 97.6 Å². The van der Waals surface area contributed by atoms with Crippen molar-refractivity contribution in [1.82, 2.24) is 20.0 Å². The number of aromatic nitrogens is 2. The minimum atomic E-state index is 0.630. The van der Waals surface area contributed by atoms with E-state index in [1.165, 1.54) is 12.8 Å². The molecule has 0 aromatic carbocycles. The lowest BCUT2D eigenvalue weighted by molar-refractivity contribution is 0.240. The van der Waals surface area contributed by atoms with E-state index >= 15 is 0 Å². The minimum Gasteiger partial charge on any atom is -0.313 e. The average Bonchev–Trinajstić information content (AvgIpc) is 3.01. The average molecular weight is 222 g/mol. The summed E-state index contributed by atoms with van der Waals surface area (Å²) in [7, 11) is 2.23. The third-order valence-corrected chi connectivity index (χ3v) is 3.33. The van der Waals surface area contributed by atoms with Gasteiger partial charge in [-0.25, -0.2) is 0 Å². The van der Waals surface area contributed by atoms with Crippen LogP contribution in [-0.4, -0.2) is 46.9 Å². The van der Waals surface area contributed by atoms with Crippen molar-refractivity contribution < 1.29 is 0 Å². The van der Waals surface area contributed by atoms with Gasteiger partial charge in [-0.15, -0.1) is 0 Å². The van der Waals surface area contributed by atoms with E-state index in [2.05, 4.69) is 29.3 Å². The van der Waals surface area contributed by atoms with Gasteiger partial charge in [0.25, 0.3) is 0 Å². The predicted molar refractivity (Wildman–Crippen MR) is 65.3 cm³/mol. The van der Waals surface area contributed by atoms with Crippen LogP contribution in [0, 0.1) is 0 Å². The Morgan fingerprint density at radius 1 is 1.56 bits per heavy atom. The molecule has 0 aliphatic heterocycles. The predicted octanol–water partition coefficient (Wildman–Crippen LogP) is 0.955. The van der Waals surface area contributed by atoms with Crippen LogP contribution in [0.4, 0.5) is 0 Å². The van der Waals surface area contributed by atoms with Crippen molar-refractivity contribution in [2.45, 2.75) is 38.4 Å². The molecule has 1 aromatic rings. The largest absolute Gasteiger partial charge is 0.313 e. The molecule has 0 saturated heterocycles. The summed E-state index contributed by atoms with van der Waals surface area (Å²) in [5, 5.41) is 7.66. The van der Waals surface area contributed by atoms with Crippen molar-refractivity contribution in [1.29, 1.82) is 0 Å². The second kappa shape index (κ2) is 5.46. The SMILES string of the molecule is CC(CNCCn1cccn1)N(C)C1CC1. The lowest BCUT2D eigenvalue weighted by Gasteiger charge is -2.24. The topological polar surface area (TPSA) is 33.1 Å². The molecule has 0 bridgehead atoms. The first-order chi connectivity index (χ1) is 7.77. The van der Waals surface area contributed by atoms with E-state index in [1.54, 1.807) is 0 Å². The number of rotatable bonds is 7. The number of hydrogen-bond acceptors (Lipinski definition) is 3. The third-order valence-electron chi connectivity index (χ3n) is 3.33. The van der Waals surface area contributed by atoms with Gasteiger partial charge in [0.2, 0.25) is 0 Å². The van der Waals surface area contributed by atoms with Gasteiger partial charge < -0.3 is 5.32 Å². The summed E-state index contributed by atoms with van der Waals surface area (Å²) in [6.45, 7) is 5.30. The van der Waals surface area contributed by atoms with Crippen LogP contribution in [0.3, 0.4) is 0 Å². The van der Waals surface area contributed by atoms with E-state index in [4.69, 9.17) is 0 Å². The molecule has 1 aliphatic carbocycles. The fourth-order valence-corrected chi connectivity index (χ4v) is 1.92. The van der Waals surface area contributed by atoms with Gasteiger partial charge in [0.15, 0.2) is 0 Å². The Bertz CT molecular complexity index is 292. The van der Waals surface area contributed by atoms with Gasteiger partial charge in [0.05, 0.1) is 6.54 Å². The number of likely N-dealkylation sites (N-methyl/N-ethyl adjacent to an activating group) is 1. The monoisotopic (exact) mass is 222 g/mol. The van der Waals surface area contributed by atoms with Gasteiger partial charge in [-0.05, 0) is 32.9 Å². The van der Waals surface area contributed by atoms with Gasteiger partial charge in [0.1, 0.15) is 0 Å². The molecule has 16 heavy (non-hydrogen) atoms. The van der Waals surface area contributed by atoms with Crippen LogP contribution in [0.1, 0.15) is 19.8 Å². The summed E-state index contributed by atoms with van der Waals surface area (Å²) >= 11 is 0. The Hall–Kier alpha value is -0.870. The first-order valence-corrected chi connectivity index (χ1v) is 6.17. The molecule has 1 atom stereocenters. The Balaban J connectivity index is 1.57. The number of hydrogen-bond donors (Lipinski definition) is 1. The van der Waals surface area contributed by atoms with E-state index in [0.717, 1.165) is 25.7 Å². The van der Waals surface area contributed by atoms with Crippen molar-refractivity contribution >= 4 is 0 Å². The normalized spacial score (nSPS) is 17.9. The first-order valence-electron chi connectivity index (χ1n) is 6.17. The molecule has 1 saturated carbocycles. The second-order valence-electron chi connectivity index (χ2n) is 4.72. The standard InChI is InChI=1S/C12H22N4/c1-11(15(2)12-4-5-12)10-13-7-9-16-8-3-6-14-16/h3,6,8,11-13H,4-5,7,9-10H2,1-2H3. The Kier molecular flexibility index (Phi) is 3.96. The maximum Gasteiger partial charge on any atom is 0.0533 e. The highest BCUT2D eigenvalue weighted by Crippen LogP contribution is 2.26. The molecule has 0 spiro atoms. The summed E-state index contributed by atoms with van der Waals surface area (Å²) < 4.78 is 1.96. The van der Waals surface area contributed by atoms with Crippen LogP contribution in [0.15, 0.2) is 18.5 Å². The van der Waals surface area contributed by atoms with Crippen LogP contribution >= 0.6 is 0 Å². The third kappa shape index (κ3) is 3.32. The zero-order chi connectivity index (χ0) is 11.4. The quantitative estimate of drug-likeness (QED) is 0.697. The number of nitrogens with zero attached hydrogens (tertiary/aromatic N) is 3. The van der Waals surface area contributed by atoms with Crippen molar-refractivity contribution in [2.75, 3.05) is 20.1 Å².